The van der Waals surface area contributed by atoms with Crippen LogP contribution >= 0.6 is 0 Å². The Labute approximate surface area is 148 Å². The van der Waals surface area contributed by atoms with Crippen molar-refractivity contribution < 1.29 is 4.74 Å². The molecule has 3 rings (SSSR count). The molecular weight excluding hydrogens is 312 g/mol. The molecule has 0 aliphatic rings. The van der Waals surface area contributed by atoms with Gasteiger partial charge in [0.1, 0.15) is 5.82 Å². The number of aromatic nitrogens is 3. The van der Waals surface area contributed by atoms with E-state index in [1.807, 2.05) is 45.0 Å². The molecule has 0 radical (unpaired) electrons. The van der Waals surface area contributed by atoms with Gasteiger partial charge in [-0.05, 0) is 50.6 Å². The molecule has 1 aromatic carbocycles. The number of hydrogen-bond acceptors (Lipinski definition) is 5. The largest absolute Gasteiger partial charge is 0.377 e. The first kappa shape index (κ1) is 17.0. The molecule has 0 aliphatic carbocycles. The smallest absolute Gasteiger partial charge is 0.161 e. The number of ether oxygens (including phenoxy) is 1. The molecule has 5 nitrogen and oxygen atoms in total. The number of aryl methyl sites for hydroxylation is 1. The van der Waals surface area contributed by atoms with Crippen molar-refractivity contribution in [2.45, 2.75) is 27.4 Å². The topological polar surface area (TPSA) is 59.9 Å². The van der Waals surface area contributed by atoms with Crippen molar-refractivity contribution in [3.05, 3.63) is 65.6 Å². The molecule has 0 fully saturated rings. The highest BCUT2D eigenvalue weighted by Crippen LogP contribution is 2.24. The average Bonchev–Trinajstić information content (AvgIpc) is 2.65. The minimum absolute atomic E-state index is 0.634. The van der Waals surface area contributed by atoms with Gasteiger partial charge in [0.2, 0.25) is 0 Å². The molecule has 0 unspecified atom stereocenters. The molecule has 5 heteroatoms. The van der Waals surface area contributed by atoms with Crippen molar-refractivity contribution in [2.75, 3.05) is 11.9 Å². The van der Waals surface area contributed by atoms with Crippen molar-refractivity contribution in [1.82, 2.24) is 15.0 Å². The van der Waals surface area contributed by atoms with Crippen LogP contribution in [0.5, 0.6) is 0 Å². The zero-order chi connectivity index (χ0) is 17.6. The maximum atomic E-state index is 5.43. The number of nitrogens with one attached hydrogen (secondary N) is 1. The summed E-state index contributed by atoms with van der Waals surface area (Å²) in [5.74, 6) is 1.51. The van der Waals surface area contributed by atoms with Crippen LogP contribution in [0.15, 0.2) is 48.8 Å². The van der Waals surface area contributed by atoms with E-state index in [1.54, 1.807) is 12.4 Å². The van der Waals surface area contributed by atoms with Gasteiger partial charge in [-0.3, -0.25) is 4.98 Å². The normalized spacial score (nSPS) is 10.7. The maximum Gasteiger partial charge on any atom is 0.161 e. The van der Waals surface area contributed by atoms with Crippen LogP contribution in [0.2, 0.25) is 0 Å². The van der Waals surface area contributed by atoms with Gasteiger partial charge in [0.05, 0.1) is 6.61 Å². The number of nitrogens with zero attached hydrogens (tertiary/aromatic N) is 3. The SMILES string of the molecule is CCOCc1ccc(Nc2nc(-c3ccncc3)nc(C)c2C)cc1. The second-order valence-electron chi connectivity index (χ2n) is 5.80. The van der Waals surface area contributed by atoms with E-state index in [0.717, 1.165) is 40.5 Å². The Kier molecular flexibility index (Phi) is 5.36. The monoisotopic (exact) mass is 334 g/mol. The van der Waals surface area contributed by atoms with Crippen molar-refractivity contribution in [2.24, 2.45) is 0 Å². The third kappa shape index (κ3) is 4.19. The molecule has 0 aliphatic heterocycles. The first-order valence-corrected chi connectivity index (χ1v) is 8.36. The fourth-order valence-corrected chi connectivity index (χ4v) is 2.42. The number of anilines is 2. The lowest BCUT2D eigenvalue weighted by molar-refractivity contribution is 0.134. The Hall–Kier alpha value is -2.79. The fraction of sp³-hybridized carbons (Fsp3) is 0.250. The summed E-state index contributed by atoms with van der Waals surface area (Å²) in [5, 5.41) is 3.40. The summed E-state index contributed by atoms with van der Waals surface area (Å²) in [5.41, 5.74) is 5.09. The van der Waals surface area contributed by atoms with E-state index in [0.29, 0.717) is 12.4 Å². The highest BCUT2D eigenvalue weighted by atomic mass is 16.5. The molecule has 2 heterocycles. The van der Waals surface area contributed by atoms with Gasteiger partial charge in [0.25, 0.3) is 0 Å². The number of benzene rings is 1. The van der Waals surface area contributed by atoms with Crippen LogP contribution in [0.3, 0.4) is 0 Å². The molecule has 25 heavy (non-hydrogen) atoms. The molecule has 128 valence electrons. The summed E-state index contributed by atoms with van der Waals surface area (Å²) in [6.07, 6.45) is 3.50. The zero-order valence-corrected chi connectivity index (χ0v) is 14.8. The van der Waals surface area contributed by atoms with Crippen LogP contribution in [-0.4, -0.2) is 21.6 Å². The fourth-order valence-electron chi connectivity index (χ4n) is 2.42. The highest BCUT2D eigenvalue weighted by molar-refractivity contribution is 5.64. The molecular formula is C20H22N4O. The number of hydrogen-bond donors (Lipinski definition) is 1. The quantitative estimate of drug-likeness (QED) is 0.722. The molecule has 0 bridgehead atoms. The average molecular weight is 334 g/mol. The highest BCUT2D eigenvalue weighted by Gasteiger charge is 2.10. The Morgan fingerprint density at radius 3 is 2.36 bits per heavy atom. The van der Waals surface area contributed by atoms with Gasteiger partial charge in [-0.1, -0.05) is 12.1 Å². The van der Waals surface area contributed by atoms with Gasteiger partial charge < -0.3 is 10.1 Å². The molecule has 0 saturated heterocycles. The van der Waals surface area contributed by atoms with Crippen LogP contribution in [0.1, 0.15) is 23.7 Å². The summed E-state index contributed by atoms with van der Waals surface area (Å²) >= 11 is 0. The summed E-state index contributed by atoms with van der Waals surface area (Å²) in [6, 6.07) is 12.0. The maximum absolute atomic E-state index is 5.43. The lowest BCUT2D eigenvalue weighted by atomic mass is 10.2. The zero-order valence-electron chi connectivity index (χ0n) is 14.8. The van der Waals surface area contributed by atoms with E-state index in [2.05, 4.69) is 27.4 Å². The van der Waals surface area contributed by atoms with E-state index in [1.165, 1.54) is 0 Å². The number of pyridine rings is 1. The van der Waals surface area contributed by atoms with Gasteiger partial charge in [-0.2, -0.15) is 0 Å². The molecule has 0 spiro atoms. The Balaban J connectivity index is 1.85. The van der Waals surface area contributed by atoms with Gasteiger partial charge in [0, 0.05) is 41.5 Å². The molecule has 3 aromatic rings. The van der Waals surface area contributed by atoms with E-state index in [4.69, 9.17) is 9.72 Å². The van der Waals surface area contributed by atoms with E-state index >= 15 is 0 Å². The van der Waals surface area contributed by atoms with Crippen LogP contribution in [-0.2, 0) is 11.3 Å². The van der Waals surface area contributed by atoms with Crippen molar-refractivity contribution in [3.63, 3.8) is 0 Å². The lowest BCUT2D eigenvalue weighted by Gasteiger charge is -2.13. The van der Waals surface area contributed by atoms with Gasteiger partial charge in [-0.25, -0.2) is 9.97 Å². The second kappa shape index (κ2) is 7.85. The number of rotatable bonds is 6. The molecule has 0 amide bonds. The molecule has 1 N–H and O–H groups in total. The van der Waals surface area contributed by atoms with E-state index in [9.17, 15) is 0 Å². The van der Waals surface area contributed by atoms with Crippen LogP contribution in [0, 0.1) is 13.8 Å². The third-order valence-electron chi connectivity index (χ3n) is 4.02. The van der Waals surface area contributed by atoms with Gasteiger partial charge in [0.15, 0.2) is 5.82 Å². The van der Waals surface area contributed by atoms with E-state index in [-0.39, 0.29) is 0 Å². The van der Waals surface area contributed by atoms with E-state index < -0.39 is 0 Å². The first-order chi connectivity index (χ1) is 12.2. The molecule has 0 atom stereocenters. The Morgan fingerprint density at radius 2 is 1.68 bits per heavy atom. The summed E-state index contributed by atoms with van der Waals surface area (Å²) in [6.45, 7) is 7.37. The van der Waals surface area contributed by atoms with Crippen molar-refractivity contribution in [1.29, 1.82) is 0 Å². The molecule has 0 saturated carbocycles. The third-order valence-corrected chi connectivity index (χ3v) is 4.02. The van der Waals surface area contributed by atoms with Crippen molar-refractivity contribution >= 4 is 11.5 Å². The Bertz CT molecular complexity index is 832. The van der Waals surface area contributed by atoms with Gasteiger partial charge >= 0.3 is 0 Å². The summed E-state index contributed by atoms with van der Waals surface area (Å²) in [7, 11) is 0. The van der Waals surface area contributed by atoms with Crippen LogP contribution in [0.25, 0.3) is 11.4 Å². The Morgan fingerprint density at radius 1 is 0.960 bits per heavy atom. The first-order valence-electron chi connectivity index (χ1n) is 8.36. The summed E-state index contributed by atoms with van der Waals surface area (Å²) < 4.78 is 5.43. The minimum Gasteiger partial charge on any atom is -0.377 e. The van der Waals surface area contributed by atoms with Crippen LogP contribution < -0.4 is 5.32 Å². The van der Waals surface area contributed by atoms with Gasteiger partial charge in [-0.15, -0.1) is 0 Å². The summed E-state index contributed by atoms with van der Waals surface area (Å²) in [4.78, 5) is 13.3. The minimum atomic E-state index is 0.634. The predicted molar refractivity (Wildman–Crippen MR) is 99.8 cm³/mol. The molecule has 2 aromatic heterocycles. The van der Waals surface area contributed by atoms with Crippen molar-refractivity contribution in [3.8, 4) is 11.4 Å². The predicted octanol–water partition coefficient (Wildman–Crippen LogP) is 4.44. The lowest BCUT2D eigenvalue weighted by Crippen LogP contribution is -2.03. The van der Waals surface area contributed by atoms with Crippen LogP contribution in [0.4, 0.5) is 11.5 Å². The standard InChI is InChI=1S/C20H22N4O/c1-4-25-13-16-5-7-18(8-6-16)23-19-14(2)15(3)22-20(24-19)17-9-11-21-12-10-17/h5-12H,4,13H2,1-3H3,(H,22,23,24). The second-order valence-corrected chi connectivity index (χ2v) is 5.80.